The van der Waals surface area contributed by atoms with Crippen molar-refractivity contribution in [1.29, 1.82) is 0 Å². The van der Waals surface area contributed by atoms with E-state index in [1.165, 1.54) is 0 Å². The molecule has 9 nitrogen and oxygen atoms in total. The lowest BCUT2D eigenvalue weighted by Crippen LogP contribution is -2.36. The molecule has 9 heteroatoms. The van der Waals surface area contributed by atoms with Crippen LogP contribution in [-0.2, 0) is 29.1 Å². The van der Waals surface area contributed by atoms with Crippen molar-refractivity contribution in [3.8, 4) is 0 Å². The SMILES string of the molecule is CCCN(CCC)C(=O)C1=Cc2ccc(C(=O)Nc3ccc4c(c3)CN(C(=O)OCc3ccccc3)CC4)cc2N=C(N)C1. The van der Waals surface area contributed by atoms with Gasteiger partial charge in [0, 0.05) is 55.0 Å². The fourth-order valence-corrected chi connectivity index (χ4v) is 5.53. The predicted octanol–water partition coefficient (Wildman–Crippen LogP) is 6.06. The van der Waals surface area contributed by atoms with Crippen LogP contribution >= 0.6 is 0 Å². The summed E-state index contributed by atoms with van der Waals surface area (Å²) in [5.41, 5.74) is 12.2. The van der Waals surface area contributed by atoms with Crippen LogP contribution in [0.2, 0.25) is 0 Å². The molecule has 2 aliphatic rings. The summed E-state index contributed by atoms with van der Waals surface area (Å²) in [4.78, 5) is 47.4. The first-order valence-corrected chi connectivity index (χ1v) is 15.2. The quantitative estimate of drug-likeness (QED) is 0.313. The molecule has 0 saturated carbocycles. The molecule has 0 unspecified atom stereocenters. The Morgan fingerprint density at radius 1 is 0.977 bits per heavy atom. The molecule has 0 aromatic heterocycles. The first kappa shape index (κ1) is 30.5. The third-order valence-electron chi connectivity index (χ3n) is 7.75. The maximum absolute atomic E-state index is 13.3. The molecule has 0 radical (unpaired) electrons. The molecule has 2 heterocycles. The summed E-state index contributed by atoms with van der Waals surface area (Å²) in [5.74, 6) is 0.00499. The maximum Gasteiger partial charge on any atom is 0.410 e. The Morgan fingerprint density at radius 2 is 1.75 bits per heavy atom. The molecule has 0 aliphatic carbocycles. The molecule has 0 saturated heterocycles. The van der Waals surface area contributed by atoms with Crippen molar-refractivity contribution in [2.24, 2.45) is 10.7 Å². The number of benzene rings is 3. The number of fused-ring (bicyclic) bond motifs is 2. The second-order valence-electron chi connectivity index (χ2n) is 11.2. The maximum atomic E-state index is 13.3. The van der Waals surface area contributed by atoms with E-state index in [0.717, 1.165) is 35.1 Å². The van der Waals surface area contributed by atoms with Gasteiger partial charge in [0.25, 0.3) is 5.91 Å². The topological polar surface area (TPSA) is 117 Å². The Balaban J connectivity index is 1.27. The summed E-state index contributed by atoms with van der Waals surface area (Å²) in [6.45, 7) is 6.68. The average Bonchev–Trinajstić information content (AvgIpc) is 3.20. The zero-order valence-corrected chi connectivity index (χ0v) is 25.3. The standard InChI is InChI=1S/C35H39N5O4/c1-3-15-39(16-4-2)34(42)28-18-26-10-11-27(20-31(26)38-32(36)21-28)33(41)37-30-13-12-25-14-17-40(22-29(25)19-30)35(43)44-23-24-8-6-5-7-9-24/h5-13,18-20H,3-4,14-17,21-23H2,1-2H3,(H2,36,38)(H,37,41). The van der Waals surface area contributed by atoms with E-state index >= 15 is 0 Å². The smallest absolute Gasteiger partial charge is 0.410 e. The molecular weight excluding hydrogens is 554 g/mol. The number of nitrogens with one attached hydrogen (secondary N) is 1. The largest absolute Gasteiger partial charge is 0.445 e. The van der Waals surface area contributed by atoms with Gasteiger partial charge in [-0.05, 0) is 66.3 Å². The second kappa shape index (κ2) is 14.0. The predicted molar refractivity (Wildman–Crippen MR) is 173 cm³/mol. The van der Waals surface area contributed by atoms with Gasteiger partial charge in [-0.3, -0.25) is 9.59 Å². The van der Waals surface area contributed by atoms with Gasteiger partial charge < -0.3 is 25.6 Å². The number of carbonyl (C=O) groups is 3. The Hall–Kier alpha value is -4.92. The second-order valence-corrected chi connectivity index (χ2v) is 11.2. The van der Waals surface area contributed by atoms with E-state index in [2.05, 4.69) is 24.2 Å². The van der Waals surface area contributed by atoms with Crippen LogP contribution in [0.1, 0.15) is 65.7 Å². The molecule has 44 heavy (non-hydrogen) atoms. The number of anilines is 1. The zero-order chi connectivity index (χ0) is 31.1. The number of ether oxygens (including phenoxy) is 1. The lowest BCUT2D eigenvalue weighted by atomic mass is 9.99. The normalized spacial score (nSPS) is 13.9. The Bertz CT molecular complexity index is 1590. The highest BCUT2D eigenvalue weighted by atomic mass is 16.6. The summed E-state index contributed by atoms with van der Waals surface area (Å²) >= 11 is 0. The van der Waals surface area contributed by atoms with Gasteiger partial charge in [0.2, 0.25) is 5.91 Å². The van der Waals surface area contributed by atoms with Gasteiger partial charge in [0.15, 0.2) is 0 Å². The number of amidine groups is 1. The van der Waals surface area contributed by atoms with E-state index in [1.54, 1.807) is 23.1 Å². The molecule has 0 bridgehead atoms. The van der Waals surface area contributed by atoms with Crippen LogP contribution in [0.15, 0.2) is 77.3 Å². The summed E-state index contributed by atoms with van der Waals surface area (Å²) < 4.78 is 5.52. The number of hydrogen-bond donors (Lipinski definition) is 2. The van der Waals surface area contributed by atoms with Crippen molar-refractivity contribution in [2.75, 3.05) is 25.0 Å². The van der Waals surface area contributed by atoms with E-state index in [0.29, 0.717) is 60.9 Å². The van der Waals surface area contributed by atoms with Gasteiger partial charge in [-0.1, -0.05) is 56.3 Å². The number of carbonyl (C=O) groups excluding carboxylic acids is 3. The van der Waals surface area contributed by atoms with Crippen LogP contribution in [-0.4, -0.2) is 53.2 Å². The minimum Gasteiger partial charge on any atom is -0.445 e. The number of hydrogen-bond acceptors (Lipinski definition) is 6. The lowest BCUT2D eigenvalue weighted by molar-refractivity contribution is -0.127. The van der Waals surface area contributed by atoms with Crippen molar-refractivity contribution in [2.45, 2.75) is 52.7 Å². The minimum absolute atomic E-state index is 0.0306. The van der Waals surface area contributed by atoms with Gasteiger partial charge in [-0.25, -0.2) is 9.79 Å². The van der Waals surface area contributed by atoms with Crippen molar-refractivity contribution >= 4 is 41.2 Å². The fourth-order valence-electron chi connectivity index (χ4n) is 5.53. The third kappa shape index (κ3) is 7.34. The third-order valence-corrected chi connectivity index (χ3v) is 7.75. The van der Waals surface area contributed by atoms with E-state index in [-0.39, 0.29) is 30.9 Å². The Labute approximate surface area is 258 Å². The zero-order valence-electron chi connectivity index (χ0n) is 25.3. The highest BCUT2D eigenvalue weighted by molar-refractivity contribution is 6.08. The van der Waals surface area contributed by atoms with Crippen molar-refractivity contribution in [3.05, 3.63) is 100 Å². The van der Waals surface area contributed by atoms with Crippen LogP contribution in [0.4, 0.5) is 16.2 Å². The first-order chi connectivity index (χ1) is 21.3. The summed E-state index contributed by atoms with van der Waals surface area (Å²) in [5, 5.41) is 2.97. The molecule has 3 aromatic rings. The van der Waals surface area contributed by atoms with Gasteiger partial charge in [0.1, 0.15) is 12.4 Å². The number of aliphatic imine (C=N–C) groups is 1. The average molecular weight is 594 g/mol. The highest BCUT2D eigenvalue weighted by Gasteiger charge is 2.24. The molecule has 228 valence electrons. The molecule has 3 aromatic carbocycles. The molecular formula is C35H39N5O4. The number of rotatable bonds is 9. The van der Waals surface area contributed by atoms with E-state index < -0.39 is 0 Å². The van der Waals surface area contributed by atoms with Crippen LogP contribution in [0.5, 0.6) is 0 Å². The van der Waals surface area contributed by atoms with Crippen molar-refractivity contribution in [3.63, 3.8) is 0 Å². The van der Waals surface area contributed by atoms with Gasteiger partial charge in [0.05, 0.1) is 5.69 Å². The van der Waals surface area contributed by atoms with Gasteiger partial charge in [-0.2, -0.15) is 0 Å². The molecule has 0 spiro atoms. The monoisotopic (exact) mass is 593 g/mol. The van der Waals surface area contributed by atoms with Crippen LogP contribution in [0.25, 0.3) is 6.08 Å². The molecule has 0 atom stereocenters. The van der Waals surface area contributed by atoms with Crippen molar-refractivity contribution < 1.29 is 19.1 Å². The summed E-state index contributed by atoms with van der Waals surface area (Å²) in [6.07, 6.45) is 4.19. The van der Waals surface area contributed by atoms with Crippen molar-refractivity contribution in [1.82, 2.24) is 9.80 Å². The number of nitrogens with two attached hydrogens (primary N) is 1. The van der Waals surface area contributed by atoms with Crippen LogP contribution < -0.4 is 11.1 Å². The van der Waals surface area contributed by atoms with E-state index in [9.17, 15) is 14.4 Å². The van der Waals surface area contributed by atoms with Gasteiger partial charge >= 0.3 is 6.09 Å². The molecule has 0 fully saturated rings. The van der Waals surface area contributed by atoms with E-state index in [4.69, 9.17) is 10.5 Å². The molecule has 2 aliphatic heterocycles. The Kier molecular flexibility index (Phi) is 9.74. The molecule has 5 rings (SSSR count). The minimum atomic E-state index is -0.360. The van der Waals surface area contributed by atoms with Gasteiger partial charge in [-0.15, -0.1) is 0 Å². The molecule has 3 N–H and O–H groups in total. The van der Waals surface area contributed by atoms with Crippen LogP contribution in [0.3, 0.4) is 0 Å². The highest BCUT2D eigenvalue weighted by Crippen LogP contribution is 2.29. The number of amides is 3. The molecule has 3 amide bonds. The number of nitrogens with zero attached hydrogens (tertiary/aromatic N) is 3. The summed E-state index contributed by atoms with van der Waals surface area (Å²) in [7, 11) is 0. The summed E-state index contributed by atoms with van der Waals surface area (Å²) in [6, 6.07) is 20.6. The lowest BCUT2D eigenvalue weighted by Gasteiger charge is -2.28. The Morgan fingerprint density at radius 3 is 2.50 bits per heavy atom. The van der Waals surface area contributed by atoms with E-state index in [1.807, 2.05) is 59.5 Å². The fraction of sp³-hybridized carbons (Fsp3) is 0.314. The van der Waals surface area contributed by atoms with Crippen LogP contribution in [0, 0.1) is 0 Å². The first-order valence-electron chi connectivity index (χ1n) is 15.2.